The van der Waals surface area contributed by atoms with Crippen molar-refractivity contribution in [2.24, 2.45) is 0 Å². The van der Waals surface area contributed by atoms with Gasteiger partial charge in [-0.2, -0.15) is 0 Å². The van der Waals surface area contributed by atoms with E-state index in [1.807, 2.05) is 18.2 Å². The molecule has 0 unspecified atom stereocenters. The minimum Gasteiger partial charge on any atom is -0.489 e. The van der Waals surface area contributed by atoms with Gasteiger partial charge in [0.15, 0.2) is 0 Å². The van der Waals surface area contributed by atoms with Crippen molar-refractivity contribution >= 4 is 17.3 Å². The third-order valence-corrected chi connectivity index (χ3v) is 4.39. The zero-order chi connectivity index (χ0) is 18.5. The van der Waals surface area contributed by atoms with Crippen LogP contribution >= 0.6 is 11.6 Å². The summed E-state index contributed by atoms with van der Waals surface area (Å²) in [5.74, 6) is 0.467. The van der Waals surface area contributed by atoms with E-state index in [-0.39, 0.29) is 5.82 Å². The summed E-state index contributed by atoms with van der Waals surface area (Å²) in [5.41, 5.74) is 5.23. The fraction of sp³-hybridized carbons (Fsp3) is 0.182. The Kier molecular flexibility index (Phi) is 5.79. The molecule has 0 aliphatic rings. The number of hydrogen-bond acceptors (Lipinski definition) is 2. The van der Waals surface area contributed by atoms with E-state index in [1.54, 1.807) is 12.1 Å². The first kappa shape index (κ1) is 18.3. The molecule has 0 radical (unpaired) electrons. The van der Waals surface area contributed by atoms with E-state index in [1.165, 1.54) is 23.3 Å². The van der Waals surface area contributed by atoms with Gasteiger partial charge in [0.1, 0.15) is 18.2 Å². The molecule has 0 aromatic heterocycles. The molecule has 134 valence electrons. The van der Waals surface area contributed by atoms with E-state index in [0.29, 0.717) is 18.2 Å². The Hall–Kier alpha value is -2.52. The van der Waals surface area contributed by atoms with Gasteiger partial charge in [-0.3, -0.25) is 0 Å². The molecule has 0 bridgehead atoms. The number of nitrogens with one attached hydrogen (secondary N) is 1. The minimum atomic E-state index is -0.265. The van der Waals surface area contributed by atoms with E-state index in [0.717, 1.165) is 22.6 Å². The summed E-state index contributed by atoms with van der Waals surface area (Å²) in [7, 11) is 0. The molecule has 0 fully saturated rings. The first-order chi connectivity index (χ1) is 12.5. The zero-order valence-corrected chi connectivity index (χ0v) is 15.6. The number of hydrogen-bond donors (Lipinski definition) is 1. The molecule has 3 aromatic carbocycles. The normalized spacial score (nSPS) is 10.6. The minimum absolute atomic E-state index is 0.265. The van der Waals surface area contributed by atoms with Crippen LogP contribution < -0.4 is 10.1 Å². The molecule has 4 heteroatoms. The molecule has 26 heavy (non-hydrogen) atoms. The largest absolute Gasteiger partial charge is 0.489 e. The second kappa shape index (κ2) is 8.24. The Balaban J connectivity index is 1.73. The number of rotatable bonds is 6. The second-order valence-electron chi connectivity index (χ2n) is 6.34. The highest BCUT2D eigenvalue weighted by atomic mass is 35.5. The van der Waals surface area contributed by atoms with Crippen molar-refractivity contribution < 1.29 is 9.13 Å². The Morgan fingerprint density at radius 3 is 2.62 bits per heavy atom. The highest BCUT2D eigenvalue weighted by Crippen LogP contribution is 2.26. The maximum absolute atomic E-state index is 13.3. The van der Waals surface area contributed by atoms with Crippen LogP contribution in [0.3, 0.4) is 0 Å². The van der Waals surface area contributed by atoms with Gasteiger partial charge in [-0.15, -0.1) is 0 Å². The first-order valence-corrected chi connectivity index (χ1v) is 8.86. The molecule has 0 saturated heterocycles. The smallest absolute Gasteiger partial charge is 0.124 e. The molecule has 0 aliphatic carbocycles. The van der Waals surface area contributed by atoms with E-state index in [2.05, 4.69) is 37.4 Å². The van der Waals surface area contributed by atoms with Gasteiger partial charge in [-0.25, -0.2) is 4.39 Å². The number of anilines is 1. The molecule has 0 amide bonds. The van der Waals surface area contributed by atoms with Crippen molar-refractivity contribution in [1.29, 1.82) is 0 Å². The van der Waals surface area contributed by atoms with Gasteiger partial charge in [0.25, 0.3) is 0 Å². The van der Waals surface area contributed by atoms with Crippen molar-refractivity contribution in [2.75, 3.05) is 5.32 Å². The molecule has 3 aromatic rings. The molecule has 0 heterocycles. The second-order valence-corrected chi connectivity index (χ2v) is 6.78. The van der Waals surface area contributed by atoms with Crippen LogP contribution in [0.15, 0.2) is 60.7 Å². The van der Waals surface area contributed by atoms with Gasteiger partial charge in [0.05, 0.1) is 0 Å². The lowest BCUT2D eigenvalue weighted by atomic mass is 10.1. The van der Waals surface area contributed by atoms with Crippen LogP contribution in [-0.2, 0) is 13.2 Å². The molecule has 2 nitrogen and oxygen atoms in total. The zero-order valence-electron chi connectivity index (χ0n) is 14.9. The monoisotopic (exact) mass is 369 g/mol. The third-order valence-electron chi connectivity index (χ3n) is 4.16. The lowest BCUT2D eigenvalue weighted by molar-refractivity contribution is 0.302. The van der Waals surface area contributed by atoms with E-state index < -0.39 is 0 Å². The summed E-state index contributed by atoms with van der Waals surface area (Å²) in [6, 6.07) is 18.2. The maximum atomic E-state index is 13.3. The Bertz CT molecular complexity index is 910. The van der Waals surface area contributed by atoms with Crippen LogP contribution in [0.1, 0.15) is 22.3 Å². The highest BCUT2D eigenvalue weighted by Gasteiger charge is 2.07. The average Bonchev–Trinajstić information content (AvgIpc) is 2.60. The Morgan fingerprint density at radius 1 is 1.00 bits per heavy atom. The standard InChI is InChI=1S/C22H21ClFNO/c1-15-6-8-21(16(2)10-15)25-13-18-12-19(23)7-9-22(18)26-14-17-4-3-5-20(24)11-17/h3-12,25H,13-14H2,1-2H3. The lowest BCUT2D eigenvalue weighted by Crippen LogP contribution is -2.05. The molecule has 0 spiro atoms. The maximum Gasteiger partial charge on any atom is 0.124 e. The van der Waals surface area contributed by atoms with Crippen molar-refractivity contribution in [1.82, 2.24) is 0 Å². The van der Waals surface area contributed by atoms with E-state index in [9.17, 15) is 4.39 Å². The lowest BCUT2D eigenvalue weighted by Gasteiger charge is -2.15. The van der Waals surface area contributed by atoms with Gasteiger partial charge in [-0.1, -0.05) is 41.4 Å². The number of aryl methyl sites for hydroxylation is 2. The fourth-order valence-electron chi connectivity index (χ4n) is 2.82. The molecule has 0 aliphatic heterocycles. The van der Waals surface area contributed by atoms with Crippen molar-refractivity contribution in [3.63, 3.8) is 0 Å². The fourth-order valence-corrected chi connectivity index (χ4v) is 3.01. The quantitative estimate of drug-likeness (QED) is 0.551. The summed E-state index contributed by atoms with van der Waals surface area (Å²) in [6.45, 7) is 5.04. The van der Waals surface area contributed by atoms with Crippen LogP contribution in [0.25, 0.3) is 0 Å². The van der Waals surface area contributed by atoms with Crippen LogP contribution in [-0.4, -0.2) is 0 Å². The van der Waals surface area contributed by atoms with Gasteiger partial charge in [-0.05, 0) is 61.4 Å². The van der Waals surface area contributed by atoms with Gasteiger partial charge >= 0.3 is 0 Å². The molecule has 0 saturated carbocycles. The summed E-state index contributed by atoms with van der Waals surface area (Å²) in [6.07, 6.45) is 0. The van der Waals surface area contributed by atoms with Crippen LogP contribution in [0.4, 0.5) is 10.1 Å². The molecular weight excluding hydrogens is 349 g/mol. The molecule has 3 rings (SSSR count). The Labute approximate surface area is 158 Å². The van der Waals surface area contributed by atoms with Crippen LogP contribution in [0, 0.1) is 19.7 Å². The molecular formula is C22H21ClFNO. The predicted molar refractivity (Wildman–Crippen MR) is 105 cm³/mol. The van der Waals surface area contributed by atoms with Gasteiger partial charge in [0.2, 0.25) is 0 Å². The van der Waals surface area contributed by atoms with E-state index in [4.69, 9.17) is 16.3 Å². The summed E-state index contributed by atoms with van der Waals surface area (Å²) in [4.78, 5) is 0. The third kappa shape index (κ3) is 4.77. The molecule has 1 N–H and O–H groups in total. The van der Waals surface area contributed by atoms with Crippen LogP contribution in [0.5, 0.6) is 5.75 Å². The van der Waals surface area contributed by atoms with Crippen molar-refractivity contribution in [3.8, 4) is 5.75 Å². The first-order valence-electron chi connectivity index (χ1n) is 8.48. The summed E-state index contributed by atoms with van der Waals surface area (Å²) >= 11 is 6.16. The van der Waals surface area contributed by atoms with Crippen molar-refractivity contribution in [3.05, 3.63) is 93.8 Å². The summed E-state index contributed by atoms with van der Waals surface area (Å²) < 4.78 is 19.2. The van der Waals surface area contributed by atoms with Gasteiger partial charge in [0, 0.05) is 22.8 Å². The number of benzene rings is 3. The topological polar surface area (TPSA) is 21.3 Å². The molecule has 0 atom stereocenters. The predicted octanol–water partition coefficient (Wildman–Crippen LogP) is 6.29. The van der Waals surface area contributed by atoms with Crippen molar-refractivity contribution in [2.45, 2.75) is 27.0 Å². The average molecular weight is 370 g/mol. The highest BCUT2D eigenvalue weighted by molar-refractivity contribution is 6.30. The number of ether oxygens (including phenoxy) is 1. The number of halogens is 2. The summed E-state index contributed by atoms with van der Waals surface area (Å²) in [5, 5.41) is 4.09. The van der Waals surface area contributed by atoms with E-state index >= 15 is 0 Å². The van der Waals surface area contributed by atoms with Crippen LogP contribution in [0.2, 0.25) is 5.02 Å². The Morgan fingerprint density at radius 2 is 1.85 bits per heavy atom. The van der Waals surface area contributed by atoms with Gasteiger partial charge < -0.3 is 10.1 Å². The SMILES string of the molecule is Cc1ccc(NCc2cc(Cl)ccc2OCc2cccc(F)c2)c(C)c1.